The Bertz CT molecular complexity index is 868. The second-order valence-corrected chi connectivity index (χ2v) is 7.86. The van der Waals surface area contributed by atoms with E-state index in [1.165, 1.54) is 0 Å². The molecule has 136 valence electrons. The van der Waals surface area contributed by atoms with E-state index in [0.717, 1.165) is 37.7 Å². The molecule has 2 fully saturated rings. The minimum absolute atomic E-state index is 0.0569. The van der Waals surface area contributed by atoms with Crippen molar-refractivity contribution >= 4 is 29.1 Å². The van der Waals surface area contributed by atoms with Gasteiger partial charge in [-0.15, -0.1) is 0 Å². The lowest BCUT2D eigenvalue weighted by Gasteiger charge is -2.61. The first-order valence-electron chi connectivity index (χ1n) is 8.76. The summed E-state index contributed by atoms with van der Waals surface area (Å²) < 4.78 is 7.54. The van der Waals surface area contributed by atoms with E-state index in [2.05, 4.69) is 10.00 Å². The van der Waals surface area contributed by atoms with E-state index in [-0.39, 0.29) is 11.4 Å². The number of ether oxygens (including phenoxy) is 1. The van der Waals surface area contributed by atoms with Crippen LogP contribution in [0.3, 0.4) is 0 Å². The number of urea groups is 1. The third-order valence-electron chi connectivity index (χ3n) is 5.51. The number of aromatic nitrogens is 2. The highest BCUT2D eigenvalue weighted by atomic mass is 35.5. The van der Waals surface area contributed by atoms with Crippen LogP contribution in [0.2, 0.25) is 5.02 Å². The van der Waals surface area contributed by atoms with Gasteiger partial charge in [0.05, 0.1) is 18.4 Å². The van der Waals surface area contributed by atoms with Crippen LogP contribution in [-0.2, 0) is 7.05 Å². The molecule has 0 radical (unpaired) electrons. The number of hydrogen-bond acceptors (Lipinski definition) is 4. The Labute approximate surface area is 156 Å². The number of fused-ring (bicyclic) bond motifs is 1. The number of halogens is 1. The lowest BCUT2D eigenvalue weighted by atomic mass is 9.73. The van der Waals surface area contributed by atoms with Gasteiger partial charge in [0.2, 0.25) is 0 Å². The number of nitrogens with zero attached hydrogens (tertiary/aromatic N) is 5. The van der Waals surface area contributed by atoms with Crippen LogP contribution >= 0.6 is 11.6 Å². The Kier molecular flexibility index (Phi) is 3.37. The monoisotopic (exact) mass is 373 g/mol. The molecule has 4 heterocycles. The second-order valence-electron chi connectivity index (χ2n) is 7.42. The maximum absolute atomic E-state index is 13.0. The molecule has 8 heteroatoms. The van der Waals surface area contributed by atoms with Crippen molar-refractivity contribution in [3.05, 3.63) is 35.5 Å². The molecule has 1 aromatic carbocycles. The topological polar surface area (TPSA) is 53.8 Å². The fourth-order valence-electron chi connectivity index (χ4n) is 4.26. The molecule has 0 bridgehead atoms. The molecule has 0 atom stereocenters. The highest BCUT2D eigenvalue weighted by molar-refractivity contribution is 6.30. The minimum Gasteiger partial charge on any atom is -0.489 e. The molecule has 3 aliphatic heterocycles. The van der Waals surface area contributed by atoms with Crippen molar-refractivity contribution in [3.8, 4) is 5.75 Å². The number of likely N-dealkylation sites (tertiary alicyclic amines) is 1. The number of rotatable bonds is 1. The smallest absolute Gasteiger partial charge is 0.324 e. The predicted molar refractivity (Wildman–Crippen MR) is 99.1 cm³/mol. The van der Waals surface area contributed by atoms with E-state index < -0.39 is 0 Å². The van der Waals surface area contributed by atoms with Crippen molar-refractivity contribution in [1.82, 2.24) is 14.7 Å². The van der Waals surface area contributed by atoms with E-state index >= 15 is 0 Å². The molecular weight excluding hydrogens is 354 g/mol. The quantitative estimate of drug-likeness (QED) is 0.769. The van der Waals surface area contributed by atoms with Gasteiger partial charge in [0, 0.05) is 55.8 Å². The van der Waals surface area contributed by atoms with Crippen molar-refractivity contribution in [2.45, 2.75) is 0 Å². The van der Waals surface area contributed by atoms with Crippen LogP contribution in [-0.4, -0.2) is 60.0 Å². The van der Waals surface area contributed by atoms with Gasteiger partial charge in [0.25, 0.3) is 0 Å². The molecule has 2 amide bonds. The van der Waals surface area contributed by atoms with E-state index in [1.807, 2.05) is 35.0 Å². The van der Waals surface area contributed by atoms with Crippen LogP contribution < -0.4 is 14.5 Å². The van der Waals surface area contributed by atoms with Crippen molar-refractivity contribution in [2.24, 2.45) is 12.5 Å². The molecule has 0 N–H and O–H groups in total. The lowest BCUT2D eigenvalue weighted by molar-refractivity contribution is 0.00894. The Morgan fingerprint density at radius 1 is 1.23 bits per heavy atom. The zero-order valence-electron chi connectivity index (χ0n) is 14.6. The summed E-state index contributed by atoms with van der Waals surface area (Å²) in [6.07, 6.45) is 1.82. The van der Waals surface area contributed by atoms with Gasteiger partial charge >= 0.3 is 6.03 Å². The normalized spacial score (nSPS) is 20.3. The van der Waals surface area contributed by atoms with Gasteiger partial charge in [0.1, 0.15) is 18.2 Å². The number of anilines is 2. The zero-order chi connectivity index (χ0) is 17.9. The maximum atomic E-state index is 13.0. The zero-order valence-corrected chi connectivity index (χ0v) is 15.3. The van der Waals surface area contributed by atoms with Crippen molar-refractivity contribution in [1.29, 1.82) is 0 Å². The summed E-state index contributed by atoms with van der Waals surface area (Å²) in [5.41, 5.74) is 1.03. The summed E-state index contributed by atoms with van der Waals surface area (Å²) >= 11 is 6.03. The number of hydrogen-bond donors (Lipinski definition) is 0. The molecule has 1 spiro atoms. The van der Waals surface area contributed by atoms with Crippen LogP contribution in [0, 0.1) is 5.41 Å². The fourth-order valence-corrected chi connectivity index (χ4v) is 4.43. The van der Waals surface area contributed by atoms with Gasteiger partial charge in [-0.05, 0) is 12.1 Å². The third kappa shape index (κ3) is 2.34. The Morgan fingerprint density at radius 2 is 2.04 bits per heavy atom. The molecule has 26 heavy (non-hydrogen) atoms. The van der Waals surface area contributed by atoms with Gasteiger partial charge in [-0.3, -0.25) is 9.58 Å². The molecule has 1 aromatic heterocycles. The molecule has 2 aromatic rings. The molecular formula is C18H20ClN5O2. The van der Waals surface area contributed by atoms with E-state index in [0.29, 0.717) is 23.9 Å². The molecule has 0 aliphatic carbocycles. The largest absolute Gasteiger partial charge is 0.489 e. The molecule has 0 saturated carbocycles. The van der Waals surface area contributed by atoms with E-state index in [9.17, 15) is 4.79 Å². The number of carbonyl (C=O) groups excluding carboxylic acids is 1. The Morgan fingerprint density at radius 3 is 2.77 bits per heavy atom. The van der Waals surface area contributed by atoms with Crippen LogP contribution in [0.5, 0.6) is 5.75 Å². The summed E-state index contributed by atoms with van der Waals surface area (Å²) in [5, 5.41) is 4.84. The summed E-state index contributed by atoms with van der Waals surface area (Å²) in [5.74, 6) is 1.82. The highest BCUT2D eigenvalue weighted by Crippen LogP contribution is 2.43. The first-order chi connectivity index (χ1) is 12.5. The summed E-state index contributed by atoms with van der Waals surface area (Å²) in [6, 6.07) is 7.51. The Hall–Kier alpha value is -2.41. The summed E-state index contributed by atoms with van der Waals surface area (Å²) in [6.45, 7) is 4.63. The molecule has 7 nitrogen and oxygen atoms in total. The van der Waals surface area contributed by atoms with E-state index in [4.69, 9.17) is 16.3 Å². The van der Waals surface area contributed by atoms with Crippen LogP contribution in [0.1, 0.15) is 0 Å². The molecule has 3 aliphatic rings. The second kappa shape index (κ2) is 5.54. The van der Waals surface area contributed by atoms with Gasteiger partial charge in [-0.1, -0.05) is 11.6 Å². The fraction of sp³-hybridized carbons (Fsp3) is 0.444. The van der Waals surface area contributed by atoms with Gasteiger partial charge < -0.3 is 14.5 Å². The van der Waals surface area contributed by atoms with Crippen molar-refractivity contribution < 1.29 is 9.53 Å². The molecule has 2 saturated heterocycles. The number of carbonyl (C=O) groups is 1. The van der Waals surface area contributed by atoms with Crippen LogP contribution in [0.4, 0.5) is 16.3 Å². The standard InChI is InChI=1S/C18H20ClN5O2/c1-21-16(4-5-20-21)22-9-18(10-22)11-23(12-18)17(25)24-6-7-26-15-8-13(19)2-3-14(15)24/h2-5,8H,6-7,9-12H2,1H3. The first kappa shape index (κ1) is 15.8. The van der Waals surface area contributed by atoms with Crippen molar-refractivity contribution in [2.75, 3.05) is 49.1 Å². The average molecular weight is 374 g/mol. The predicted octanol–water partition coefficient (Wildman–Crippen LogP) is 2.21. The SMILES string of the molecule is Cn1nccc1N1CC2(CN(C(=O)N3CCOc4cc(Cl)ccc43)C2)C1. The summed E-state index contributed by atoms with van der Waals surface area (Å²) in [7, 11) is 1.96. The maximum Gasteiger partial charge on any atom is 0.324 e. The Balaban J connectivity index is 1.24. The first-order valence-corrected chi connectivity index (χ1v) is 9.14. The molecule has 5 rings (SSSR count). The van der Waals surface area contributed by atoms with Gasteiger partial charge in [-0.25, -0.2) is 4.79 Å². The molecule has 0 unspecified atom stereocenters. The lowest BCUT2D eigenvalue weighted by Crippen LogP contribution is -2.74. The summed E-state index contributed by atoms with van der Waals surface area (Å²) in [4.78, 5) is 19.0. The number of benzene rings is 1. The number of aryl methyl sites for hydroxylation is 1. The van der Waals surface area contributed by atoms with Gasteiger partial charge in [0.15, 0.2) is 0 Å². The minimum atomic E-state index is 0.0569. The number of amides is 2. The van der Waals surface area contributed by atoms with Crippen LogP contribution in [0.25, 0.3) is 0 Å². The average Bonchev–Trinajstić information content (AvgIpc) is 2.97. The van der Waals surface area contributed by atoms with Crippen molar-refractivity contribution in [3.63, 3.8) is 0 Å². The highest BCUT2D eigenvalue weighted by Gasteiger charge is 2.54. The third-order valence-corrected chi connectivity index (χ3v) is 5.75. The van der Waals surface area contributed by atoms with E-state index in [1.54, 1.807) is 17.0 Å². The van der Waals surface area contributed by atoms with Crippen LogP contribution in [0.15, 0.2) is 30.5 Å². The van der Waals surface area contributed by atoms with Gasteiger partial charge in [-0.2, -0.15) is 5.10 Å².